The van der Waals surface area contributed by atoms with Gasteiger partial charge in [0.2, 0.25) is 0 Å². The maximum atomic E-state index is 11.0. The van der Waals surface area contributed by atoms with Crippen LogP contribution in [0.1, 0.15) is 0 Å². The van der Waals surface area contributed by atoms with Crippen molar-refractivity contribution in [2.24, 2.45) is 0 Å². The van der Waals surface area contributed by atoms with E-state index in [0.717, 1.165) is 11.5 Å². The van der Waals surface area contributed by atoms with Gasteiger partial charge in [0, 0.05) is 11.5 Å². The van der Waals surface area contributed by atoms with Crippen molar-refractivity contribution in [3.8, 4) is 0 Å². The highest BCUT2D eigenvalue weighted by Crippen LogP contribution is 2.29. The molecule has 0 aromatic rings. The van der Waals surface area contributed by atoms with Gasteiger partial charge < -0.3 is 10.1 Å². The van der Waals surface area contributed by atoms with E-state index in [9.17, 15) is 4.79 Å². The third-order valence-corrected chi connectivity index (χ3v) is 3.15. The van der Waals surface area contributed by atoms with E-state index < -0.39 is 0 Å². The molecule has 1 aliphatic heterocycles. The Labute approximate surface area is 64.5 Å². The van der Waals surface area contributed by atoms with Crippen LogP contribution in [0.15, 0.2) is 0 Å². The average Bonchev–Trinajstić information content (AvgIpc) is 1.86. The first-order valence-electron chi connectivity index (χ1n) is 3.10. The van der Waals surface area contributed by atoms with E-state index >= 15 is 0 Å². The normalized spacial score (nSPS) is 21.4. The third kappa shape index (κ3) is 1.01. The van der Waals surface area contributed by atoms with E-state index in [1.54, 1.807) is 18.8 Å². The lowest BCUT2D eigenvalue weighted by molar-refractivity contribution is -0.146. The van der Waals surface area contributed by atoms with Crippen LogP contribution in [0.2, 0.25) is 0 Å². The van der Waals surface area contributed by atoms with E-state index in [-0.39, 0.29) is 11.5 Å². The molecule has 10 heavy (non-hydrogen) atoms. The predicted molar refractivity (Wildman–Crippen MR) is 41.1 cm³/mol. The molecule has 3 nitrogen and oxygen atoms in total. The Bertz CT molecular complexity index is 139. The van der Waals surface area contributed by atoms with E-state index in [0.29, 0.717) is 0 Å². The maximum absolute atomic E-state index is 11.0. The summed E-state index contributed by atoms with van der Waals surface area (Å²) in [4.78, 5) is 11.0. The fraction of sp³-hybridized carbons (Fsp3) is 0.833. The Balaban J connectivity index is 2.55. The Morgan fingerprint density at radius 1 is 1.70 bits per heavy atom. The van der Waals surface area contributed by atoms with Gasteiger partial charge in [-0.2, -0.15) is 11.8 Å². The Morgan fingerprint density at radius 3 is 2.40 bits per heavy atom. The summed E-state index contributed by atoms with van der Waals surface area (Å²) in [7, 11) is 3.21. The summed E-state index contributed by atoms with van der Waals surface area (Å²) in [5, 5.41) is 2.97. The lowest BCUT2D eigenvalue weighted by Crippen LogP contribution is -2.60. The van der Waals surface area contributed by atoms with Crippen LogP contribution < -0.4 is 5.32 Å². The van der Waals surface area contributed by atoms with Crippen LogP contribution in [-0.2, 0) is 9.53 Å². The second-order valence-electron chi connectivity index (χ2n) is 2.32. The molecule has 4 heteroatoms. The predicted octanol–water partition coefficient (Wildman–Crippen LogP) is -0.136. The number of carbonyl (C=O) groups excluding carboxylic acids is 1. The number of thioether (sulfide) groups is 1. The molecule has 1 heterocycles. The molecule has 0 atom stereocenters. The molecule has 0 spiro atoms. The van der Waals surface area contributed by atoms with Gasteiger partial charge in [0.1, 0.15) is 5.54 Å². The van der Waals surface area contributed by atoms with Gasteiger partial charge in [-0.25, -0.2) is 4.79 Å². The number of nitrogens with one attached hydrogen (secondary N) is 1. The van der Waals surface area contributed by atoms with Crippen molar-refractivity contribution in [3.63, 3.8) is 0 Å². The quantitative estimate of drug-likeness (QED) is 0.572. The first-order valence-corrected chi connectivity index (χ1v) is 4.26. The van der Waals surface area contributed by atoms with Gasteiger partial charge in [-0.1, -0.05) is 0 Å². The fourth-order valence-corrected chi connectivity index (χ4v) is 2.00. The van der Waals surface area contributed by atoms with E-state index in [1.165, 1.54) is 7.11 Å². The van der Waals surface area contributed by atoms with Crippen LogP contribution in [0.5, 0.6) is 0 Å². The number of esters is 1. The number of rotatable bonds is 2. The highest BCUT2D eigenvalue weighted by Gasteiger charge is 2.44. The van der Waals surface area contributed by atoms with Crippen molar-refractivity contribution in [2.75, 3.05) is 25.7 Å². The summed E-state index contributed by atoms with van der Waals surface area (Å²) in [5.41, 5.74) is -0.376. The second-order valence-corrected chi connectivity index (χ2v) is 3.30. The highest BCUT2D eigenvalue weighted by molar-refractivity contribution is 8.01. The van der Waals surface area contributed by atoms with Crippen molar-refractivity contribution >= 4 is 17.7 Å². The van der Waals surface area contributed by atoms with Crippen molar-refractivity contribution < 1.29 is 9.53 Å². The van der Waals surface area contributed by atoms with E-state index in [4.69, 9.17) is 0 Å². The highest BCUT2D eigenvalue weighted by atomic mass is 32.2. The molecule has 58 valence electrons. The molecular formula is C6H11NO2S. The maximum Gasteiger partial charge on any atom is 0.327 e. The minimum atomic E-state index is -0.376. The Morgan fingerprint density at radius 2 is 2.30 bits per heavy atom. The Hall–Kier alpha value is -0.220. The number of likely N-dealkylation sites (N-methyl/N-ethyl adjacent to an activating group) is 1. The number of hydrogen-bond donors (Lipinski definition) is 1. The lowest BCUT2D eigenvalue weighted by Gasteiger charge is -2.37. The minimum Gasteiger partial charge on any atom is -0.468 e. The molecule has 1 saturated heterocycles. The molecule has 0 aromatic heterocycles. The smallest absolute Gasteiger partial charge is 0.327 e. The van der Waals surface area contributed by atoms with Crippen LogP contribution in [-0.4, -0.2) is 37.2 Å². The van der Waals surface area contributed by atoms with Crippen molar-refractivity contribution in [2.45, 2.75) is 5.54 Å². The van der Waals surface area contributed by atoms with Gasteiger partial charge in [-0.05, 0) is 7.05 Å². The average molecular weight is 161 g/mol. The fourth-order valence-electron chi connectivity index (χ4n) is 0.866. The number of hydrogen-bond acceptors (Lipinski definition) is 4. The zero-order valence-electron chi connectivity index (χ0n) is 6.14. The van der Waals surface area contributed by atoms with Crippen LogP contribution in [0.4, 0.5) is 0 Å². The SMILES string of the molecule is CNC1(C(=O)OC)CSC1. The molecular weight excluding hydrogens is 150 g/mol. The Kier molecular flexibility index (Phi) is 2.21. The van der Waals surface area contributed by atoms with Crippen LogP contribution in [0.3, 0.4) is 0 Å². The van der Waals surface area contributed by atoms with E-state index in [2.05, 4.69) is 10.1 Å². The first kappa shape index (κ1) is 7.88. The van der Waals surface area contributed by atoms with Crippen molar-refractivity contribution in [1.29, 1.82) is 0 Å². The summed E-state index contributed by atoms with van der Waals surface area (Å²) in [6.45, 7) is 0. The lowest BCUT2D eigenvalue weighted by atomic mass is 10.1. The zero-order chi connectivity index (χ0) is 7.61. The number of carbonyl (C=O) groups is 1. The van der Waals surface area contributed by atoms with Gasteiger partial charge in [-0.15, -0.1) is 0 Å². The van der Waals surface area contributed by atoms with Gasteiger partial charge in [0.15, 0.2) is 0 Å². The zero-order valence-corrected chi connectivity index (χ0v) is 6.96. The molecule has 1 aliphatic rings. The van der Waals surface area contributed by atoms with Gasteiger partial charge >= 0.3 is 5.97 Å². The van der Waals surface area contributed by atoms with E-state index in [1.807, 2.05) is 0 Å². The molecule has 1 rings (SSSR count). The summed E-state index contributed by atoms with van der Waals surface area (Å²) in [6.07, 6.45) is 0. The number of methoxy groups -OCH3 is 1. The molecule has 0 aliphatic carbocycles. The van der Waals surface area contributed by atoms with Crippen molar-refractivity contribution in [3.05, 3.63) is 0 Å². The molecule has 0 aromatic carbocycles. The molecule has 0 saturated carbocycles. The molecule has 1 N–H and O–H groups in total. The summed E-state index contributed by atoms with van der Waals surface area (Å²) < 4.78 is 4.63. The topological polar surface area (TPSA) is 38.3 Å². The largest absolute Gasteiger partial charge is 0.468 e. The molecule has 0 bridgehead atoms. The van der Waals surface area contributed by atoms with Gasteiger partial charge in [0.25, 0.3) is 0 Å². The van der Waals surface area contributed by atoms with Gasteiger partial charge in [0.05, 0.1) is 7.11 Å². The molecule has 0 radical (unpaired) electrons. The standard InChI is InChI=1S/C6H11NO2S/c1-7-6(3-10-4-6)5(8)9-2/h7H,3-4H2,1-2H3. The van der Waals surface area contributed by atoms with Crippen LogP contribution in [0.25, 0.3) is 0 Å². The van der Waals surface area contributed by atoms with Gasteiger partial charge in [-0.3, -0.25) is 0 Å². The first-order chi connectivity index (χ1) is 4.75. The molecule has 1 fully saturated rings. The summed E-state index contributed by atoms with van der Waals surface area (Å²) in [5.74, 6) is 1.51. The molecule has 0 amide bonds. The minimum absolute atomic E-state index is 0.145. The van der Waals surface area contributed by atoms with Crippen molar-refractivity contribution in [1.82, 2.24) is 5.32 Å². The monoisotopic (exact) mass is 161 g/mol. The second kappa shape index (κ2) is 2.80. The summed E-state index contributed by atoms with van der Waals surface area (Å²) in [6, 6.07) is 0. The summed E-state index contributed by atoms with van der Waals surface area (Å²) >= 11 is 1.75. The molecule has 0 unspecified atom stereocenters. The number of ether oxygens (including phenoxy) is 1. The van der Waals surface area contributed by atoms with Crippen LogP contribution in [0, 0.1) is 0 Å². The van der Waals surface area contributed by atoms with Crippen LogP contribution >= 0.6 is 11.8 Å². The third-order valence-electron chi connectivity index (χ3n) is 1.75.